The Morgan fingerprint density at radius 1 is 1.02 bits per heavy atom. The van der Waals surface area contributed by atoms with Crippen molar-refractivity contribution in [1.82, 2.24) is 9.66 Å². The number of halogens is 1. The van der Waals surface area contributed by atoms with Gasteiger partial charge in [-0.2, -0.15) is 9.78 Å². The van der Waals surface area contributed by atoms with Gasteiger partial charge < -0.3 is 9.47 Å². The van der Waals surface area contributed by atoms with E-state index in [1.165, 1.54) is 29.1 Å². The molecule has 9 nitrogen and oxygen atoms in total. The zero-order valence-electron chi connectivity index (χ0n) is 24.8. The van der Waals surface area contributed by atoms with Crippen molar-refractivity contribution in [3.63, 3.8) is 0 Å². The van der Waals surface area contributed by atoms with E-state index in [-0.39, 0.29) is 23.8 Å². The molecule has 0 atom stereocenters. The van der Waals surface area contributed by atoms with E-state index >= 15 is 0 Å². The van der Waals surface area contributed by atoms with E-state index in [1.807, 2.05) is 50.2 Å². The standard InChI is InChI=1S/C34H31ClN4O5/c1-5-43-32-16-22(4)28(18-27(32)21(2)3)33-37-30-13-9-7-11-26(30)34(40)38(33)36-19-24-17-25(39(41)42)14-15-31(24)44-20-23-10-6-8-12-29(23)35/h6-19,21H,5,20H2,1-4H3. The summed E-state index contributed by atoms with van der Waals surface area (Å²) in [6, 6.07) is 22.4. The molecule has 0 amide bonds. The van der Waals surface area contributed by atoms with Gasteiger partial charge in [0, 0.05) is 33.8 Å². The third-order valence-electron chi connectivity index (χ3n) is 7.13. The smallest absolute Gasteiger partial charge is 0.282 e. The molecule has 0 fully saturated rings. The van der Waals surface area contributed by atoms with Gasteiger partial charge >= 0.3 is 0 Å². The average Bonchev–Trinajstić information content (AvgIpc) is 3.00. The first kappa shape index (κ1) is 30.4. The van der Waals surface area contributed by atoms with Crippen LogP contribution in [0.2, 0.25) is 5.02 Å². The van der Waals surface area contributed by atoms with Gasteiger partial charge in [-0.3, -0.25) is 14.9 Å². The summed E-state index contributed by atoms with van der Waals surface area (Å²) in [7, 11) is 0. The van der Waals surface area contributed by atoms with Crippen molar-refractivity contribution < 1.29 is 14.4 Å². The summed E-state index contributed by atoms with van der Waals surface area (Å²) in [4.78, 5) is 29.9. The van der Waals surface area contributed by atoms with Crippen LogP contribution in [0.25, 0.3) is 22.3 Å². The monoisotopic (exact) mass is 610 g/mol. The van der Waals surface area contributed by atoms with E-state index in [0.717, 1.165) is 22.4 Å². The Labute approximate surface area is 259 Å². The third-order valence-corrected chi connectivity index (χ3v) is 7.50. The summed E-state index contributed by atoms with van der Waals surface area (Å²) < 4.78 is 13.2. The van der Waals surface area contributed by atoms with Crippen LogP contribution < -0.4 is 15.0 Å². The molecule has 5 aromatic rings. The van der Waals surface area contributed by atoms with Crippen molar-refractivity contribution in [3.05, 3.63) is 127 Å². The number of nitro groups is 1. The lowest BCUT2D eigenvalue weighted by molar-refractivity contribution is -0.384. The molecule has 0 aliphatic rings. The van der Waals surface area contributed by atoms with Crippen LogP contribution in [0.15, 0.2) is 88.8 Å². The highest BCUT2D eigenvalue weighted by Gasteiger charge is 2.19. The lowest BCUT2D eigenvalue weighted by Gasteiger charge is -2.18. The molecule has 0 radical (unpaired) electrons. The van der Waals surface area contributed by atoms with E-state index in [4.69, 9.17) is 26.1 Å². The number of non-ortho nitro benzene ring substituents is 1. The van der Waals surface area contributed by atoms with Crippen molar-refractivity contribution in [2.75, 3.05) is 6.61 Å². The molecule has 0 saturated carbocycles. The van der Waals surface area contributed by atoms with Crippen LogP contribution in [0, 0.1) is 17.0 Å². The molecule has 0 aliphatic carbocycles. The number of para-hydroxylation sites is 1. The van der Waals surface area contributed by atoms with Gasteiger partial charge in [0.25, 0.3) is 11.2 Å². The highest BCUT2D eigenvalue weighted by Crippen LogP contribution is 2.34. The fourth-order valence-electron chi connectivity index (χ4n) is 4.85. The first-order chi connectivity index (χ1) is 21.2. The predicted octanol–water partition coefficient (Wildman–Crippen LogP) is 7.92. The number of aryl methyl sites for hydroxylation is 1. The first-order valence-electron chi connectivity index (χ1n) is 14.2. The van der Waals surface area contributed by atoms with E-state index < -0.39 is 4.92 Å². The van der Waals surface area contributed by atoms with Crippen LogP contribution in [-0.4, -0.2) is 27.4 Å². The zero-order chi connectivity index (χ0) is 31.4. The predicted molar refractivity (Wildman–Crippen MR) is 173 cm³/mol. The van der Waals surface area contributed by atoms with Crippen molar-refractivity contribution >= 4 is 34.4 Å². The second-order valence-corrected chi connectivity index (χ2v) is 10.9. The van der Waals surface area contributed by atoms with Gasteiger partial charge in [0.15, 0.2) is 5.82 Å². The summed E-state index contributed by atoms with van der Waals surface area (Å²) in [5.41, 5.74) is 3.59. The van der Waals surface area contributed by atoms with Crippen LogP contribution in [0.5, 0.6) is 11.5 Å². The molecule has 10 heteroatoms. The molecule has 44 heavy (non-hydrogen) atoms. The summed E-state index contributed by atoms with van der Waals surface area (Å²) in [6.07, 6.45) is 1.38. The Kier molecular flexibility index (Phi) is 9.06. The van der Waals surface area contributed by atoms with Crippen molar-refractivity contribution in [1.29, 1.82) is 0 Å². The number of benzene rings is 4. The molecule has 0 N–H and O–H groups in total. The fraction of sp³-hybridized carbons (Fsp3) is 0.206. The molecule has 0 bridgehead atoms. The summed E-state index contributed by atoms with van der Waals surface area (Å²) in [5, 5.41) is 17.1. The number of nitro benzene ring substituents is 1. The number of hydrogen-bond donors (Lipinski definition) is 0. The number of aromatic nitrogens is 2. The maximum absolute atomic E-state index is 13.9. The molecule has 1 aromatic heterocycles. The minimum atomic E-state index is -0.499. The quantitative estimate of drug-likeness (QED) is 0.0902. The largest absolute Gasteiger partial charge is 0.494 e. The number of fused-ring (bicyclic) bond motifs is 1. The number of ether oxygens (including phenoxy) is 2. The fourth-order valence-corrected chi connectivity index (χ4v) is 5.04. The Bertz CT molecular complexity index is 1950. The zero-order valence-corrected chi connectivity index (χ0v) is 25.5. The maximum Gasteiger partial charge on any atom is 0.282 e. The Morgan fingerprint density at radius 3 is 2.50 bits per heavy atom. The first-order valence-corrected chi connectivity index (χ1v) is 14.5. The third kappa shape index (κ3) is 6.33. The van der Waals surface area contributed by atoms with E-state index in [9.17, 15) is 14.9 Å². The van der Waals surface area contributed by atoms with E-state index in [2.05, 4.69) is 18.9 Å². The lowest BCUT2D eigenvalue weighted by Crippen LogP contribution is -2.21. The Hall–Kier alpha value is -5.02. The summed E-state index contributed by atoms with van der Waals surface area (Å²) in [6.45, 7) is 8.66. The van der Waals surface area contributed by atoms with Gasteiger partial charge in [0.1, 0.15) is 18.1 Å². The molecule has 5 rings (SSSR count). The van der Waals surface area contributed by atoms with E-state index in [1.54, 1.807) is 24.3 Å². The molecular weight excluding hydrogens is 580 g/mol. The number of hydrogen-bond acceptors (Lipinski definition) is 7. The minimum absolute atomic E-state index is 0.129. The highest BCUT2D eigenvalue weighted by atomic mass is 35.5. The SMILES string of the molecule is CCOc1cc(C)c(-c2nc3ccccc3c(=O)n2N=Cc2cc([N+](=O)[O-])ccc2OCc2ccccc2Cl)cc1C(C)C. The lowest BCUT2D eigenvalue weighted by atomic mass is 9.96. The summed E-state index contributed by atoms with van der Waals surface area (Å²) in [5.74, 6) is 1.58. The Morgan fingerprint density at radius 2 is 1.77 bits per heavy atom. The van der Waals surface area contributed by atoms with Gasteiger partial charge in [-0.25, -0.2) is 4.98 Å². The minimum Gasteiger partial charge on any atom is -0.494 e. The van der Waals surface area contributed by atoms with Crippen molar-refractivity contribution in [3.8, 4) is 22.9 Å². The molecule has 1 heterocycles. The average molecular weight is 611 g/mol. The molecule has 4 aromatic carbocycles. The second kappa shape index (κ2) is 13.1. The van der Waals surface area contributed by atoms with Gasteiger partial charge in [-0.1, -0.05) is 55.8 Å². The second-order valence-electron chi connectivity index (χ2n) is 10.5. The van der Waals surface area contributed by atoms with Crippen LogP contribution >= 0.6 is 11.6 Å². The normalized spacial score (nSPS) is 11.4. The number of nitrogens with zero attached hydrogens (tertiary/aromatic N) is 4. The summed E-state index contributed by atoms with van der Waals surface area (Å²) >= 11 is 6.30. The van der Waals surface area contributed by atoms with Gasteiger partial charge in [-0.05, 0) is 67.3 Å². The maximum atomic E-state index is 13.9. The molecule has 224 valence electrons. The molecule has 0 unspecified atom stereocenters. The van der Waals surface area contributed by atoms with E-state index in [0.29, 0.717) is 45.2 Å². The molecular formula is C34H31ClN4O5. The van der Waals surface area contributed by atoms with Crippen molar-refractivity contribution in [2.24, 2.45) is 5.10 Å². The molecule has 0 spiro atoms. The van der Waals surface area contributed by atoms with Crippen LogP contribution in [0.3, 0.4) is 0 Å². The Balaban J connectivity index is 1.67. The topological polar surface area (TPSA) is 109 Å². The van der Waals surface area contributed by atoms with Crippen LogP contribution in [-0.2, 0) is 6.61 Å². The van der Waals surface area contributed by atoms with Gasteiger partial charge in [0.05, 0.1) is 28.6 Å². The van der Waals surface area contributed by atoms with Crippen LogP contribution in [0.4, 0.5) is 5.69 Å². The van der Waals surface area contributed by atoms with Crippen molar-refractivity contribution in [2.45, 2.75) is 40.2 Å². The van der Waals surface area contributed by atoms with Gasteiger partial charge in [0.2, 0.25) is 0 Å². The number of rotatable bonds is 10. The van der Waals surface area contributed by atoms with Gasteiger partial charge in [-0.15, -0.1) is 0 Å². The highest BCUT2D eigenvalue weighted by molar-refractivity contribution is 6.31. The molecule has 0 aliphatic heterocycles. The molecule has 0 saturated heterocycles. The van der Waals surface area contributed by atoms with Crippen LogP contribution in [0.1, 0.15) is 48.9 Å².